The molecule has 3 rings (SSSR count). The molecule has 0 radical (unpaired) electrons. The van der Waals surface area contributed by atoms with Gasteiger partial charge in [0.25, 0.3) is 15.9 Å². The molecule has 0 aliphatic rings. The van der Waals surface area contributed by atoms with Crippen molar-refractivity contribution in [2.45, 2.75) is 11.8 Å². The number of hydrogen-bond donors (Lipinski definition) is 1. The molecule has 0 atom stereocenters. The molecule has 0 unspecified atom stereocenters. The minimum Gasteiger partial charge on any atom is -0.490 e. The van der Waals surface area contributed by atoms with Gasteiger partial charge in [0.05, 0.1) is 10.6 Å². The Morgan fingerprint density at radius 2 is 1.77 bits per heavy atom. The van der Waals surface area contributed by atoms with Crippen LogP contribution < -0.4 is 14.4 Å². The van der Waals surface area contributed by atoms with Gasteiger partial charge in [-0.05, 0) is 61.0 Å². The van der Waals surface area contributed by atoms with Crippen LogP contribution in [0.4, 0.5) is 11.4 Å². The lowest BCUT2D eigenvalue weighted by Gasteiger charge is -2.21. The smallest absolute Gasteiger partial charge is 0.264 e. The molecule has 160 valence electrons. The van der Waals surface area contributed by atoms with Crippen molar-refractivity contribution in [2.75, 3.05) is 23.3 Å². The van der Waals surface area contributed by atoms with E-state index in [-0.39, 0.29) is 10.5 Å². The van der Waals surface area contributed by atoms with Crippen LogP contribution in [0.2, 0.25) is 0 Å². The highest BCUT2D eigenvalue weighted by Crippen LogP contribution is 2.25. The van der Waals surface area contributed by atoms with E-state index in [2.05, 4.69) is 11.9 Å². The minimum absolute atomic E-state index is 0.0408. The van der Waals surface area contributed by atoms with Gasteiger partial charge in [-0.3, -0.25) is 9.10 Å². The van der Waals surface area contributed by atoms with Crippen molar-refractivity contribution in [3.63, 3.8) is 0 Å². The number of anilines is 2. The Morgan fingerprint density at radius 1 is 1.06 bits per heavy atom. The van der Waals surface area contributed by atoms with E-state index in [0.29, 0.717) is 23.7 Å². The second-order valence-corrected chi connectivity index (χ2v) is 8.83. The lowest BCUT2D eigenvalue weighted by atomic mass is 10.2. The summed E-state index contributed by atoms with van der Waals surface area (Å²) in [6.07, 6.45) is 1.65. The number of amides is 1. The minimum atomic E-state index is -3.83. The number of carbonyl (C=O) groups excluding carboxylic acids is 1. The highest BCUT2D eigenvalue weighted by Gasteiger charge is 2.23. The summed E-state index contributed by atoms with van der Waals surface area (Å²) in [7, 11) is -2.33. The van der Waals surface area contributed by atoms with Crippen LogP contribution in [0, 0.1) is 6.92 Å². The molecule has 3 aromatic rings. The summed E-state index contributed by atoms with van der Waals surface area (Å²) in [5.41, 5.74) is 2.23. The summed E-state index contributed by atoms with van der Waals surface area (Å²) < 4.78 is 32.9. The molecule has 1 amide bonds. The van der Waals surface area contributed by atoms with Gasteiger partial charge in [-0.15, -0.1) is 0 Å². The maximum Gasteiger partial charge on any atom is 0.264 e. The van der Waals surface area contributed by atoms with Crippen LogP contribution in [0.5, 0.6) is 5.75 Å². The fourth-order valence-corrected chi connectivity index (χ4v) is 4.30. The molecule has 0 saturated heterocycles. The average molecular weight is 437 g/mol. The summed E-state index contributed by atoms with van der Waals surface area (Å²) in [5, 5.41) is 2.77. The first-order valence-corrected chi connectivity index (χ1v) is 11.1. The first-order valence-electron chi connectivity index (χ1n) is 9.62. The Balaban J connectivity index is 1.79. The Kier molecular flexibility index (Phi) is 6.77. The number of carbonyl (C=O) groups is 1. The monoisotopic (exact) mass is 436 g/mol. The Morgan fingerprint density at radius 3 is 2.45 bits per heavy atom. The van der Waals surface area contributed by atoms with Crippen LogP contribution in [0.1, 0.15) is 15.9 Å². The molecular weight excluding hydrogens is 412 g/mol. The predicted octanol–water partition coefficient (Wildman–Crippen LogP) is 4.64. The van der Waals surface area contributed by atoms with Crippen molar-refractivity contribution in [1.82, 2.24) is 0 Å². The van der Waals surface area contributed by atoms with Crippen molar-refractivity contribution in [3.8, 4) is 5.75 Å². The van der Waals surface area contributed by atoms with E-state index in [1.807, 2.05) is 19.1 Å². The quantitative estimate of drug-likeness (QED) is 0.522. The van der Waals surface area contributed by atoms with Crippen molar-refractivity contribution in [1.29, 1.82) is 0 Å². The maximum absolute atomic E-state index is 13.1. The summed E-state index contributed by atoms with van der Waals surface area (Å²) in [4.78, 5) is 12.7. The van der Waals surface area contributed by atoms with Gasteiger partial charge in [-0.2, -0.15) is 0 Å². The molecule has 0 heterocycles. The second-order valence-electron chi connectivity index (χ2n) is 6.87. The maximum atomic E-state index is 13.1. The van der Waals surface area contributed by atoms with E-state index in [4.69, 9.17) is 4.74 Å². The summed E-state index contributed by atoms with van der Waals surface area (Å²) in [6.45, 7) is 5.83. The lowest BCUT2D eigenvalue weighted by Crippen LogP contribution is -2.27. The van der Waals surface area contributed by atoms with Crippen molar-refractivity contribution in [3.05, 3.63) is 96.6 Å². The number of aryl methyl sites for hydroxylation is 1. The topological polar surface area (TPSA) is 75.7 Å². The standard InChI is InChI=1S/C24H24N2O4S/c1-4-16-30-21-14-12-20(13-15-21)25-24(27)19-9-7-10-22(17-19)31(28,29)26(3)23-11-6-5-8-18(23)2/h4-15,17H,1,16H2,2-3H3,(H,25,27). The largest absolute Gasteiger partial charge is 0.490 e. The number of hydrogen-bond acceptors (Lipinski definition) is 4. The Labute approximate surface area is 182 Å². The van der Waals surface area contributed by atoms with Crippen molar-refractivity contribution < 1.29 is 17.9 Å². The van der Waals surface area contributed by atoms with E-state index in [9.17, 15) is 13.2 Å². The molecular formula is C24H24N2O4S. The van der Waals surface area contributed by atoms with Gasteiger partial charge in [-0.25, -0.2) is 8.42 Å². The third-order valence-electron chi connectivity index (χ3n) is 4.69. The number of benzene rings is 3. The van der Waals surface area contributed by atoms with E-state index in [1.54, 1.807) is 54.6 Å². The van der Waals surface area contributed by atoms with Crippen LogP contribution >= 0.6 is 0 Å². The summed E-state index contributed by atoms with van der Waals surface area (Å²) >= 11 is 0. The van der Waals surface area contributed by atoms with Gasteiger partial charge in [0, 0.05) is 18.3 Å². The molecule has 0 aromatic heterocycles. The Hall–Kier alpha value is -3.58. The van der Waals surface area contributed by atoms with Gasteiger partial charge in [0.15, 0.2) is 0 Å². The van der Waals surface area contributed by atoms with Crippen molar-refractivity contribution in [2.24, 2.45) is 0 Å². The molecule has 0 fully saturated rings. The number of rotatable bonds is 8. The highest BCUT2D eigenvalue weighted by molar-refractivity contribution is 7.92. The van der Waals surface area contributed by atoms with Crippen molar-refractivity contribution >= 4 is 27.3 Å². The molecule has 31 heavy (non-hydrogen) atoms. The molecule has 6 nitrogen and oxygen atoms in total. The molecule has 7 heteroatoms. The third kappa shape index (κ3) is 5.13. The first kappa shape index (κ1) is 22.1. The van der Waals surface area contributed by atoms with Crippen LogP contribution in [-0.2, 0) is 10.0 Å². The van der Waals surface area contributed by atoms with Crippen LogP contribution in [0.3, 0.4) is 0 Å². The van der Waals surface area contributed by atoms with E-state index >= 15 is 0 Å². The molecule has 3 aromatic carbocycles. The number of nitrogens with one attached hydrogen (secondary N) is 1. The van der Waals surface area contributed by atoms with Crippen LogP contribution in [-0.4, -0.2) is 28.0 Å². The predicted molar refractivity (Wildman–Crippen MR) is 123 cm³/mol. The van der Waals surface area contributed by atoms with Gasteiger partial charge in [0.1, 0.15) is 12.4 Å². The third-order valence-corrected chi connectivity index (χ3v) is 6.46. The number of nitrogens with zero attached hydrogens (tertiary/aromatic N) is 1. The van der Waals surface area contributed by atoms with E-state index in [0.717, 1.165) is 5.56 Å². The molecule has 0 spiro atoms. The van der Waals surface area contributed by atoms with E-state index in [1.165, 1.54) is 23.5 Å². The number of sulfonamides is 1. The second kappa shape index (κ2) is 9.49. The SMILES string of the molecule is C=CCOc1ccc(NC(=O)c2cccc(S(=O)(=O)N(C)c3ccccc3C)c2)cc1. The molecule has 0 bridgehead atoms. The molecule has 0 saturated carbocycles. The number of para-hydroxylation sites is 1. The Bertz CT molecular complexity index is 1190. The van der Waals surface area contributed by atoms with Gasteiger partial charge >= 0.3 is 0 Å². The molecule has 0 aliphatic heterocycles. The van der Waals surface area contributed by atoms with Crippen LogP contribution in [0.25, 0.3) is 0 Å². The van der Waals surface area contributed by atoms with Gasteiger partial charge < -0.3 is 10.1 Å². The zero-order valence-corrected chi connectivity index (χ0v) is 18.2. The van der Waals surface area contributed by atoms with E-state index < -0.39 is 15.9 Å². The highest BCUT2D eigenvalue weighted by atomic mass is 32.2. The normalized spacial score (nSPS) is 10.9. The zero-order valence-electron chi connectivity index (χ0n) is 17.4. The zero-order chi connectivity index (χ0) is 22.4. The number of ether oxygens (including phenoxy) is 1. The molecule has 0 aliphatic carbocycles. The van der Waals surface area contributed by atoms with Gasteiger partial charge in [0.2, 0.25) is 0 Å². The average Bonchev–Trinajstić information content (AvgIpc) is 2.78. The summed E-state index contributed by atoms with van der Waals surface area (Å²) in [5.74, 6) is 0.251. The fraction of sp³-hybridized carbons (Fsp3) is 0.125. The lowest BCUT2D eigenvalue weighted by molar-refractivity contribution is 0.102. The molecule has 1 N–H and O–H groups in total. The van der Waals surface area contributed by atoms with Gasteiger partial charge in [-0.1, -0.05) is 36.9 Å². The van der Waals surface area contributed by atoms with Crippen LogP contribution in [0.15, 0.2) is 90.3 Å². The fourth-order valence-electron chi connectivity index (χ4n) is 3.00. The summed E-state index contributed by atoms with van der Waals surface area (Å²) in [6, 6.07) is 20.1. The first-order chi connectivity index (χ1) is 14.8.